The molecule has 2 bridgehead atoms. The van der Waals surface area contributed by atoms with Gasteiger partial charge in [-0.2, -0.15) is 13.5 Å². The number of nitrogens with zero attached hydrogens (tertiary/aromatic N) is 3. The van der Waals surface area contributed by atoms with Crippen LogP contribution in [0.3, 0.4) is 0 Å². The van der Waals surface area contributed by atoms with Crippen molar-refractivity contribution < 1.29 is 46.3 Å². The second-order valence-electron chi connectivity index (χ2n) is 14.3. The number of carbonyl (C=O) groups is 3. The first-order chi connectivity index (χ1) is 23.7. The van der Waals surface area contributed by atoms with Gasteiger partial charge < -0.3 is 36.8 Å². The molecule has 1 aromatic carbocycles. The van der Waals surface area contributed by atoms with Gasteiger partial charge in [-0.25, -0.2) is 9.78 Å². The van der Waals surface area contributed by atoms with Crippen LogP contribution in [0.25, 0.3) is 0 Å². The number of carboxylic acids is 1. The van der Waals surface area contributed by atoms with Crippen LogP contribution in [-0.4, -0.2) is 91.8 Å². The molecule has 0 spiro atoms. The van der Waals surface area contributed by atoms with Crippen molar-refractivity contribution in [3.05, 3.63) is 40.4 Å². The number of aliphatic carboxylic acids is 1. The lowest BCUT2D eigenvalue weighted by Gasteiger charge is -2.52. The van der Waals surface area contributed by atoms with Gasteiger partial charge in [0.2, 0.25) is 0 Å². The molecule has 4 fully saturated rings. The zero-order valence-electron chi connectivity index (χ0n) is 28.1. The van der Waals surface area contributed by atoms with Crippen LogP contribution in [0.4, 0.5) is 5.13 Å². The molecule has 3 heterocycles. The number of aryl methyl sites for hydroxylation is 1. The molecule has 7 rings (SSSR count). The number of fused-ring (bicyclic) bond motifs is 4. The fraction of sp³-hybridized carbons (Fsp3) is 0.548. The predicted molar refractivity (Wildman–Crippen MR) is 182 cm³/mol. The minimum absolute atomic E-state index is 0.0591. The molecule has 2 aromatic rings. The van der Waals surface area contributed by atoms with E-state index in [2.05, 4.69) is 25.1 Å². The molecular formula is C31H40N8O10S2. The molecule has 2 aliphatic heterocycles. The number of carbonyl (C=O) groups excluding carboxylic acids is 2. The SMILES string of the molecule is CC1(C)[C@H](NC(=O)/C(=N\O[C@](C)(C(=O)O)[C@H]2CCc3cc(C(=N)NC45CCC(N)(CC4)CC5)ccc3O2)c2csc(N)n2)C(=O)N1OS(=O)(=O)O. The number of nitrogens with one attached hydrogen (secondary N) is 3. The van der Waals surface area contributed by atoms with Gasteiger partial charge in [0, 0.05) is 22.0 Å². The Bertz CT molecular complexity index is 1910. The van der Waals surface area contributed by atoms with Crippen molar-refractivity contribution in [1.29, 1.82) is 5.41 Å². The molecule has 276 valence electrons. The van der Waals surface area contributed by atoms with Crippen LogP contribution in [0.15, 0.2) is 28.7 Å². The summed E-state index contributed by atoms with van der Waals surface area (Å²) >= 11 is 0.966. The monoisotopic (exact) mass is 748 g/mol. The first-order valence-electron chi connectivity index (χ1n) is 16.2. The van der Waals surface area contributed by atoms with Crippen molar-refractivity contribution >= 4 is 56.2 Å². The number of carboxylic acid groups (broad SMARTS) is 1. The highest BCUT2D eigenvalue weighted by Crippen LogP contribution is 2.45. The Hall–Kier alpha value is -4.37. The van der Waals surface area contributed by atoms with Gasteiger partial charge in [-0.1, -0.05) is 5.16 Å². The topological polar surface area (TPSA) is 282 Å². The number of nitrogens with two attached hydrogens (primary N) is 2. The first kappa shape index (κ1) is 36.4. The molecule has 3 aliphatic carbocycles. The maximum absolute atomic E-state index is 13.5. The highest BCUT2D eigenvalue weighted by Gasteiger charge is 2.58. The van der Waals surface area contributed by atoms with E-state index in [1.165, 1.54) is 26.2 Å². The van der Waals surface area contributed by atoms with E-state index in [0.717, 1.165) is 55.4 Å². The van der Waals surface area contributed by atoms with Gasteiger partial charge in [0.25, 0.3) is 17.4 Å². The van der Waals surface area contributed by atoms with Crippen LogP contribution in [0.2, 0.25) is 0 Å². The number of amidine groups is 1. The number of rotatable bonds is 11. The van der Waals surface area contributed by atoms with Crippen molar-refractivity contribution in [2.45, 2.75) is 107 Å². The summed E-state index contributed by atoms with van der Waals surface area (Å²) in [6, 6.07) is 3.94. The summed E-state index contributed by atoms with van der Waals surface area (Å²) < 4.78 is 41.9. The molecule has 5 aliphatic rings. The third kappa shape index (κ3) is 6.97. The number of oxime groups is 1. The molecule has 0 unspecified atom stereocenters. The summed E-state index contributed by atoms with van der Waals surface area (Å²) in [5.74, 6) is -2.73. The minimum Gasteiger partial charge on any atom is -0.485 e. The summed E-state index contributed by atoms with van der Waals surface area (Å²) in [7, 11) is -5.03. The smallest absolute Gasteiger partial charge is 0.418 e. The number of β-lactam (4-membered cyclic amide) rings is 1. The average Bonchev–Trinajstić information content (AvgIpc) is 3.51. The van der Waals surface area contributed by atoms with E-state index >= 15 is 0 Å². The van der Waals surface area contributed by atoms with E-state index < -0.39 is 57.2 Å². The molecule has 18 nitrogen and oxygen atoms in total. The zero-order chi connectivity index (χ0) is 37.1. The Morgan fingerprint density at radius 3 is 2.45 bits per heavy atom. The van der Waals surface area contributed by atoms with Crippen LogP contribution >= 0.6 is 11.3 Å². The van der Waals surface area contributed by atoms with Gasteiger partial charge in [-0.05, 0) is 95.9 Å². The highest BCUT2D eigenvalue weighted by molar-refractivity contribution is 7.80. The van der Waals surface area contributed by atoms with E-state index in [4.69, 9.17) is 31.0 Å². The summed E-state index contributed by atoms with van der Waals surface area (Å²) in [6.45, 7) is 3.99. The first-order valence-corrected chi connectivity index (χ1v) is 18.5. The number of hydrogen-bond acceptors (Lipinski definition) is 14. The van der Waals surface area contributed by atoms with Crippen molar-refractivity contribution in [1.82, 2.24) is 20.7 Å². The molecule has 3 saturated carbocycles. The summed E-state index contributed by atoms with van der Waals surface area (Å²) in [4.78, 5) is 48.5. The van der Waals surface area contributed by atoms with Crippen LogP contribution < -0.4 is 26.8 Å². The maximum atomic E-state index is 13.5. The number of hydrogen-bond donors (Lipinski definition) is 7. The third-order valence-corrected chi connectivity index (χ3v) is 11.5. The van der Waals surface area contributed by atoms with Gasteiger partial charge in [0.05, 0.1) is 5.54 Å². The van der Waals surface area contributed by atoms with E-state index in [1.54, 1.807) is 12.1 Å². The fourth-order valence-corrected chi connectivity index (χ4v) is 8.07. The molecule has 9 N–H and O–H groups in total. The lowest BCUT2D eigenvalue weighted by atomic mass is 9.62. The van der Waals surface area contributed by atoms with Crippen LogP contribution in [0.1, 0.15) is 82.5 Å². The molecular weight excluding hydrogens is 709 g/mol. The highest BCUT2D eigenvalue weighted by atomic mass is 32.3. The van der Waals surface area contributed by atoms with Gasteiger partial charge >= 0.3 is 16.4 Å². The lowest BCUT2D eigenvalue weighted by Crippen LogP contribution is -2.76. The Morgan fingerprint density at radius 2 is 1.88 bits per heavy atom. The van der Waals surface area contributed by atoms with E-state index in [0.29, 0.717) is 28.6 Å². The zero-order valence-corrected chi connectivity index (χ0v) is 29.7. The van der Waals surface area contributed by atoms with Gasteiger partial charge in [-0.15, -0.1) is 15.6 Å². The number of thiazole rings is 1. The van der Waals surface area contributed by atoms with Crippen LogP contribution in [0.5, 0.6) is 5.75 Å². The van der Waals surface area contributed by atoms with Gasteiger partial charge in [-0.3, -0.25) is 19.6 Å². The molecule has 1 aromatic heterocycles. The molecule has 1 saturated heterocycles. The summed E-state index contributed by atoms with van der Waals surface area (Å²) in [6.07, 6.45) is 5.05. The third-order valence-electron chi connectivity index (χ3n) is 10.5. The van der Waals surface area contributed by atoms with Crippen molar-refractivity contribution in [3.63, 3.8) is 0 Å². The Morgan fingerprint density at radius 1 is 1.22 bits per heavy atom. The minimum atomic E-state index is -5.03. The Kier molecular flexibility index (Phi) is 9.06. The number of benzene rings is 1. The van der Waals surface area contributed by atoms with Crippen molar-refractivity contribution in [2.24, 2.45) is 10.9 Å². The molecule has 51 heavy (non-hydrogen) atoms. The number of nitrogen functional groups attached to an aromatic ring is 1. The largest absolute Gasteiger partial charge is 0.485 e. The standard InChI is InChI=1S/C31H40N8O10S2/c1-28(2)22(25(41)39(28)49-51(44,45)46)36-24(40)21(18-15-50-27(33)35-18)38-48-29(3,26(42)43)20-7-5-16-14-17(4-6-19(16)47-20)23(32)37-31-11-8-30(34,9-12-31)10-13-31/h4,6,14-15,20,22H,5,7-13,34H2,1-3H3,(H2,32,37)(H2,33,35)(H,36,40)(H,42,43)(H,44,45,46)/b38-21-/t20-,22-,29+,30?,31?/m1/s1. The Balaban J connectivity index is 1.18. The molecule has 2 amide bonds. The van der Waals surface area contributed by atoms with Crippen LogP contribution in [-0.2, 0) is 40.3 Å². The average molecular weight is 749 g/mol. The molecule has 20 heteroatoms. The van der Waals surface area contributed by atoms with E-state index in [1.807, 2.05) is 6.07 Å². The Labute approximate surface area is 297 Å². The van der Waals surface area contributed by atoms with Crippen LogP contribution in [0, 0.1) is 5.41 Å². The number of aromatic nitrogens is 1. The predicted octanol–water partition coefficient (Wildman–Crippen LogP) is 1.24. The normalized spacial score (nSPS) is 28.1. The lowest BCUT2D eigenvalue weighted by molar-refractivity contribution is -0.218. The number of ether oxygens (including phenoxy) is 1. The summed E-state index contributed by atoms with van der Waals surface area (Å²) in [5.41, 5.74) is 9.30. The van der Waals surface area contributed by atoms with Gasteiger partial charge in [0.15, 0.2) is 16.9 Å². The second-order valence-corrected chi connectivity index (χ2v) is 16.2. The quantitative estimate of drug-likeness (QED) is 0.0560. The molecule has 3 atom stereocenters. The maximum Gasteiger partial charge on any atom is 0.418 e. The van der Waals surface area contributed by atoms with E-state index in [-0.39, 0.29) is 28.3 Å². The van der Waals surface area contributed by atoms with Crippen molar-refractivity contribution in [2.75, 3.05) is 5.73 Å². The molecule has 0 radical (unpaired) electrons. The van der Waals surface area contributed by atoms with E-state index in [9.17, 15) is 27.9 Å². The number of hydroxylamine groups is 2. The number of amides is 2. The fourth-order valence-electron chi connectivity index (χ4n) is 7.07. The number of anilines is 1. The van der Waals surface area contributed by atoms with Gasteiger partial charge in [0.1, 0.15) is 23.3 Å². The second kappa shape index (κ2) is 12.7. The summed E-state index contributed by atoms with van der Waals surface area (Å²) in [5, 5.41) is 30.7. The van der Waals surface area contributed by atoms with Crippen molar-refractivity contribution in [3.8, 4) is 5.75 Å².